The highest BCUT2D eigenvalue weighted by atomic mass is 16.5. The van der Waals surface area contributed by atoms with E-state index in [9.17, 15) is 5.11 Å². The maximum Gasteiger partial charge on any atom is 0.323 e. The van der Waals surface area contributed by atoms with Gasteiger partial charge in [-0.1, -0.05) is 0 Å². The van der Waals surface area contributed by atoms with Crippen molar-refractivity contribution in [3.8, 4) is 6.01 Å². The molecule has 0 fully saturated rings. The Bertz CT molecular complexity index is 406. The second-order valence-electron chi connectivity index (χ2n) is 4.99. The van der Waals surface area contributed by atoms with Crippen LogP contribution in [-0.4, -0.2) is 37.8 Å². The normalized spacial score (nSPS) is 13.5. The molecular weight excluding hydrogens is 234 g/mol. The Kier molecular flexibility index (Phi) is 4.28. The number of aromatic nitrogens is 3. The summed E-state index contributed by atoms with van der Waals surface area (Å²) in [6, 6.07) is 0.168. The first-order valence-electron chi connectivity index (χ1n) is 5.85. The van der Waals surface area contributed by atoms with Gasteiger partial charge in [0.2, 0.25) is 11.9 Å². The maximum absolute atomic E-state index is 9.63. The Morgan fingerprint density at radius 2 is 1.83 bits per heavy atom. The number of hydrogen-bond acceptors (Lipinski definition) is 7. The fourth-order valence-corrected chi connectivity index (χ4v) is 1.08. The van der Waals surface area contributed by atoms with Crippen LogP contribution < -0.4 is 15.8 Å². The smallest absolute Gasteiger partial charge is 0.323 e. The lowest BCUT2D eigenvalue weighted by Crippen LogP contribution is -2.42. The average Bonchev–Trinajstić information content (AvgIpc) is 2.13. The van der Waals surface area contributed by atoms with Crippen LogP contribution in [0.5, 0.6) is 6.01 Å². The van der Waals surface area contributed by atoms with Crippen molar-refractivity contribution in [1.29, 1.82) is 0 Å². The van der Waals surface area contributed by atoms with E-state index in [4.69, 9.17) is 10.5 Å². The fourth-order valence-electron chi connectivity index (χ4n) is 1.08. The molecule has 0 aliphatic carbocycles. The summed E-state index contributed by atoms with van der Waals surface area (Å²) in [5.74, 6) is 0.355. The summed E-state index contributed by atoms with van der Waals surface area (Å²) in [6.07, 6.45) is -0.630. The van der Waals surface area contributed by atoms with Gasteiger partial charge in [0.15, 0.2) is 0 Å². The zero-order valence-corrected chi connectivity index (χ0v) is 11.4. The van der Waals surface area contributed by atoms with E-state index in [1.165, 1.54) is 0 Å². The highest BCUT2D eigenvalue weighted by Gasteiger charge is 2.25. The predicted octanol–water partition coefficient (Wildman–Crippen LogP) is 0.812. The molecule has 18 heavy (non-hydrogen) atoms. The number of aliphatic hydroxyl groups excluding tert-OH is 1. The fraction of sp³-hybridized carbons (Fsp3) is 0.727. The number of hydrogen-bond donors (Lipinski definition) is 3. The largest absolute Gasteiger partial charge is 0.461 e. The lowest BCUT2D eigenvalue weighted by molar-refractivity contribution is 0.132. The standard InChI is InChI=1S/C11H21N5O2/c1-6(2)18-10-14-8(12)13-9(15-10)16-11(4,5)7(3)17/h6-7,17H,1-5H3,(H3,12,13,14,15,16). The highest BCUT2D eigenvalue weighted by Crippen LogP contribution is 2.17. The van der Waals surface area contributed by atoms with Crippen molar-refractivity contribution in [2.45, 2.75) is 52.4 Å². The summed E-state index contributed by atoms with van der Waals surface area (Å²) in [5, 5.41) is 12.6. The van der Waals surface area contributed by atoms with E-state index in [-0.39, 0.29) is 24.0 Å². The average molecular weight is 255 g/mol. The zero-order valence-electron chi connectivity index (χ0n) is 11.4. The summed E-state index contributed by atoms with van der Waals surface area (Å²) in [6.45, 7) is 9.09. The molecule has 1 aromatic rings. The van der Waals surface area contributed by atoms with Gasteiger partial charge in [-0.3, -0.25) is 0 Å². The minimum absolute atomic E-state index is 0.0515. The molecule has 1 atom stereocenters. The molecule has 0 radical (unpaired) electrons. The Balaban J connectivity index is 2.93. The number of nitrogen functional groups attached to an aromatic ring is 1. The van der Waals surface area contributed by atoms with Gasteiger partial charge < -0.3 is 20.9 Å². The van der Waals surface area contributed by atoms with Gasteiger partial charge >= 0.3 is 6.01 Å². The molecule has 102 valence electrons. The van der Waals surface area contributed by atoms with Crippen molar-refractivity contribution in [2.75, 3.05) is 11.1 Å². The van der Waals surface area contributed by atoms with Crippen LogP contribution in [0, 0.1) is 0 Å². The van der Waals surface area contributed by atoms with E-state index in [2.05, 4.69) is 20.3 Å². The van der Waals surface area contributed by atoms with Crippen LogP contribution in [-0.2, 0) is 0 Å². The number of nitrogens with two attached hydrogens (primary N) is 1. The molecule has 0 aliphatic heterocycles. The third kappa shape index (κ3) is 3.99. The molecule has 1 rings (SSSR count). The maximum atomic E-state index is 9.63. The van der Waals surface area contributed by atoms with Gasteiger partial charge in [-0.05, 0) is 34.6 Å². The van der Waals surface area contributed by atoms with Crippen molar-refractivity contribution in [3.63, 3.8) is 0 Å². The van der Waals surface area contributed by atoms with Crippen LogP contribution in [0.4, 0.5) is 11.9 Å². The first-order chi connectivity index (χ1) is 8.20. The molecule has 1 heterocycles. The predicted molar refractivity (Wildman–Crippen MR) is 69.4 cm³/mol. The number of rotatable bonds is 5. The molecule has 0 bridgehead atoms. The van der Waals surface area contributed by atoms with Gasteiger partial charge in [0.25, 0.3) is 0 Å². The molecule has 0 saturated heterocycles. The van der Waals surface area contributed by atoms with Crippen LogP contribution in [0.1, 0.15) is 34.6 Å². The lowest BCUT2D eigenvalue weighted by atomic mass is 9.99. The Morgan fingerprint density at radius 3 is 2.33 bits per heavy atom. The topological polar surface area (TPSA) is 106 Å². The Labute approximate surface area is 107 Å². The van der Waals surface area contributed by atoms with Crippen LogP contribution in [0.15, 0.2) is 0 Å². The number of anilines is 2. The van der Waals surface area contributed by atoms with Crippen LogP contribution >= 0.6 is 0 Å². The summed E-state index contributed by atoms with van der Waals surface area (Å²) < 4.78 is 5.37. The molecule has 0 aliphatic rings. The lowest BCUT2D eigenvalue weighted by Gasteiger charge is -2.29. The number of nitrogens with one attached hydrogen (secondary N) is 1. The van der Waals surface area contributed by atoms with Gasteiger partial charge in [0.05, 0.1) is 17.7 Å². The van der Waals surface area contributed by atoms with E-state index >= 15 is 0 Å². The molecule has 0 amide bonds. The van der Waals surface area contributed by atoms with E-state index in [1.54, 1.807) is 6.92 Å². The number of aliphatic hydroxyl groups is 1. The molecule has 0 saturated carbocycles. The van der Waals surface area contributed by atoms with Crippen LogP contribution in [0.2, 0.25) is 0 Å². The van der Waals surface area contributed by atoms with E-state index < -0.39 is 11.6 Å². The minimum Gasteiger partial charge on any atom is -0.461 e. The second kappa shape index (κ2) is 5.34. The van der Waals surface area contributed by atoms with Gasteiger partial charge in [-0.25, -0.2) is 0 Å². The summed E-state index contributed by atoms with van der Waals surface area (Å²) in [7, 11) is 0. The van der Waals surface area contributed by atoms with E-state index in [0.29, 0.717) is 0 Å². The van der Waals surface area contributed by atoms with Crippen molar-refractivity contribution in [3.05, 3.63) is 0 Å². The zero-order chi connectivity index (χ0) is 13.9. The van der Waals surface area contributed by atoms with Crippen LogP contribution in [0.25, 0.3) is 0 Å². The van der Waals surface area contributed by atoms with Crippen molar-refractivity contribution in [1.82, 2.24) is 15.0 Å². The quantitative estimate of drug-likeness (QED) is 0.714. The van der Waals surface area contributed by atoms with Gasteiger partial charge in [-0.15, -0.1) is 0 Å². The van der Waals surface area contributed by atoms with Gasteiger partial charge in [0, 0.05) is 0 Å². The number of ether oxygens (including phenoxy) is 1. The molecule has 0 aromatic carbocycles. The first-order valence-corrected chi connectivity index (χ1v) is 5.85. The molecule has 7 nitrogen and oxygen atoms in total. The van der Waals surface area contributed by atoms with E-state index in [0.717, 1.165) is 0 Å². The molecule has 0 spiro atoms. The highest BCUT2D eigenvalue weighted by molar-refractivity contribution is 5.35. The summed E-state index contributed by atoms with van der Waals surface area (Å²) >= 11 is 0. The SMILES string of the molecule is CC(C)Oc1nc(N)nc(NC(C)(C)C(C)O)n1. The molecule has 1 aromatic heterocycles. The van der Waals surface area contributed by atoms with Crippen molar-refractivity contribution in [2.24, 2.45) is 0 Å². The van der Waals surface area contributed by atoms with E-state index in [1.807, 2.05) is 27.7 Å². The molecular formula is C11H21N5O2. The molecule has 4 N–H and O–H groups in total. The van der Waals surface area contributed by atoms with Crippen LogP contribution in [0.3, 0.4) is 0 Å². The molecule has 7 heteroatoms. The van der Waals surface area contributed by atoms with Crippen molar-refractivity contribution < 1.29 is 9.84 Å². The monoisotopic (exact) mass is 255 g/mol. The van der Waals surface area contributed by atoms with Gasteiger partial charge in [-0.2, -0.15) is 15.0 Å². The number of nitrogens with zero attached hydrogens (tertiary/aromatic N) is 3. The molecule has 1 unspecified atom stereocenters. The Hall–Kier alpha value is -1.63. The Morgan fingerprint density at radius 1 is 1.22 bits per heavy atom. The second-order valence-corrected chi connectivity index (χ2v) is 4.99. The first kappa shape index (κ1) is 14.4. The third-order valence-corrected chi connectivity index (χ3v) is 2.45. The van der Waals surface area contributed by atoms with Crippen molar-refractivity contribution >= 4 is 11.9 Å². The minimum atomic E-state index is -0.580. The van der Waals surface area contributed by atoms with Gasteiger partial charge in [0.1, 0.15) is 0 Å². The summed E-state index contributed by atoms with van der Waals surface area (Å²) in [4.78, 5) is 11.9. The third-order valence-electron chi connectivity index (χ3n) is 2.45. The summed E-state index contributed by atoms with van der Waals surface area (Å²) in [5.41, 5.74) is 5.00.